The fourth-order valence-electron chi connectivity index (χ4n) is 2.31. The molecule has 2 N–H and O–H groups in total. The summed E-state index contributed by atoms with van der Waals surface area (Å²) < 4.78 is 22.8. The summed E-state index contributed by atoms with van der Waals surface area (Å²) in [6.07, 6.45) is 3.07. The molecule has 2 unspecified atom stereocenters. The summed E-state index contributed by atoms with van der Waals surface area (Å²) in [5.74, 6) is 0.00203. The molecule has 0 aromatic heterocycles. The first-order chi connectivity index (χ1) is 9.38. The quantitative estimate of drug-likeness (QED) is 0.875. The summed E-state index contributed by atoms with van der Waals surface area (Å²) >= 11 is 0. The van der Waals surface area contributed by atoms with Crippen molar-refractivity contribution in [3.63, 3.8) is 0 Å². The van der Waals surface area contributed by atoms with E-state index in [1.165, 1.54) is 6.26 Å². The summed E-state index contributed by atoms with van der Waals surface area (Å²) in [5, 5.41) is 6.10. The van der Waals surface area contributed by atoms with E-state index in [9.17, 15) is 13.2 Å². The van der Waals surface area contributed by atoms with Crippen LogP contribution in [0, 0.1) is 0 Å². The number of amides is 1. The van der Waals surface area contributed by atoms with Crippen molar-refractivity contribution in [3.05, 3.63) is 29.8 Å². The Morgan fingerprint density at radius 1 is 1.33 bits per heavy atom. The zero-order chi connectivity index (χ0) is 14.8. The van der Waals surface area contributed by atoms with Crippen LogP contribution in [0.15, 0.2) is 29.2 Å². The standard InChI is InChI=1S/C14H20N2O3S.ClH/c1-10(16-14(17)13-4-3-9-15-13)11-5-7-12(8-6-11)20(2,18)19;/h5-8,10,13,15H,3-4,9H2,1-2H3,(H,16,17);1H. The molecule has 118 valence electrons. The summed E-state index contributed by atoms with van der Waals surface area (Å²) in [7, 11) is -3.18. The van der Waals surface area contributed by atoms with Gasteiger partial charge < -0.3 is 10.6 Å². The molecule has 0 radical (unpaired) electrons. The van der Waals surface area contributed by atoms with E-state index >= 15 is 0 Å². The van der Waals surface area contributed by atoms with E-state index in [0.717, 1.165) is 24.9 Å². The molecule has 1 saturated heterocycles. The number of halogens is 1. The van der Waals surface area contributed by atoms with Crippen LogP contribution >= 0.6 is 12.4 Å². The lowest BCUT2D eigenvalue weighted by atomic mass is 10.1. The number of carbonyl (C=O) groups excluding carboxylic acids is 1. The number of nitrogens with one attached hydrogen (secondary N) is 2. The molecule has 1 fully saturated rings. The van der Waals surface area contributed by atoms with Gasteiger partial charge in [-0.2, -0.15) is 0 Å². The average Bonchev–Trinajstić information content (AvgIpc) is 2.91. The molecule has 0 saturated carbocycles. The fourth-order valence-corrected chi connectivity index (χ4v) is 2.94. The molecular weight excluding hydrogens is 312 g/mol. The zero-order valence-electron chi connectivity index (χ0n) is 12.1. The Morgan fingerprint density at radius 3 is 2.43 bits per heavy atom. The van der Waals surface area contributed by atoms with Gasteiger partial charge in [0.15, 0.2) is 9.84 Å². The van der Waals surface area contributed by atoms with Gasteiger partial charge in [-0.3, -0.25) is 4.79 Å². The third-order valence-electron chi connectivity index (χ3n) is 3.54. The molecule has 7 heteroatoms. The van der Waals surface area contributed by atoms with Crippen molar-refractivity contribution in [2.45, 2.75) is 36.7 Å². The molecule has 0 spiro atoms. The normalized spacial score (nSPS) is 19.6. The van der Waals surface area contributed by atoms with Crippen molar-refractivity contribution in [2.24, 2.45) is 0 Å². The van der Waals surface area contributed by atoms with E-state index in [1.807, 2.05) is 6.92 Å². The molecule has 1 aliphatic heterocycles. The second-order valence-corrected chi connectivity index (χ2v) is 7.24. The van der Waals surface area contributed by atoms with Gasteiger partial charge in [-0.25, -0.2) is 8.42 Å². The lowest BCUT2D eigenvalue weighted by Crippen LogP contribution is -2.41. The van der Waals surface area contributed by atoms with Crippen LogP contribution in [0.1, 0.15) is 31.4 Å². The van der Waals surface area contributed by atoms with E-state index < -0.39 is 9.84 Å². The predicted octanol–water partition coefficient (Wildman–Crippen LogP) is 1.44. The minimum atomic E-state index is -3.18. The van der Waals surface area contributed by atoms with Crippen LogP contribution in [-0.4, -0.2) is 33.2 Å². The molecule has 1 aromatic carbocycles. The molecule has 1 heterocycles. The summed E-state index contributed by atoms with van der Waals surface area (Å²) in [6.45, 7) is 2.78. The second kappa shape index (κ2) is 7.24. The van der Waals surface area contributed by atoms with E-state index in [4.69, 9.17) is 0 Å². The number of hydrogen-bond donors (Lipinski definition) is 2. The molecule has 1 aliphatic rings. The van der Waals surface area contributed by atoms with Gasteiger partial charge in [0.05, 0.1) is 17.0 Å². The Morgan fingerprint density at radius 2 is 1.95 bits per heavy atom. The summed E-state index contributed by atoms with van der Waals surface area (Å²) in [6, 6.07) is 6.38. The highest BCUT2D eigenvalue weighted by atomic mass is 35.5. The van der Waals surface area contributed by atoms with E-state index in [1.54, 1.807) is 24.3 Å². The number of rotatable bonds is 4. The average molecular weight is 333 g/mol. The van der Waals surface area contributed by atoms with Gasteiger partial charge in [-0.15, -0.1) is 12.4 Å². The molecule has 1 aromatic rings. The zero-order valence-corrected chi connectivity index (χ0v) is 13.8. The Hall–Kier alpha value is -1.11. The van der Waals surface area contributed by atoms with Crippen LogP contribution < -0.4 is 10.6 Å². The topological polar surface area (TPSA) is 75.3 Å². The molecule has 2 atom stereocenters. The van der Waals surface area contributed by atoms with Gasteiger partial charge >= 0.3 is 0 Å². The number of hydrogen-bond acceptors (Lipinski definition) is 4. The maximum Gasteiger partial charge on any atom is 0.237 e. The highest BCUT2D eigenvalue weighted by Gasteiger charge is 2.23. The molecule has 1 amide bonds. The van der Waals surface area contributed by atoms with E-state index in [2.05, 4.69) is 10.6 Å². The molecular formula is C14H21ClN2O3S. The molecule has 2 rings (SSSR count). The van der Waals surface area contributed by atoms with Crippen LogP contribution in [0.5, 0.6) is 0 Å². The van der Waals surface area contributed by atoms with Gasteiger partial charge in [0.2, 0.25) is 5.91 Å². The molecule has 0 aliphatic carbocycles. The fraction of sp³-hybridized carbons (Fsp3) is 0.500. The van der Waals surface area contributed by atoms with Gasteiger partial charge in [0.1, 0.15) is 0 Å². The number of carbonyl (C=O) groups is 1. The van der Waals surface area contributed by atoms with E-state index in [-0.39, 0.29) is 35.3 Å². The third kappa shape index (κ3) is 4.69. The molecule has 5 nitrogen and oxygen atoms in total. The highest BCUT2D eigenvalue weighted by molar-refractivity contribution is 7.90. The largest absolute Gasteiger partial charge is 0.348 e. The second-order valence-electron chi connectivity index (χ2n) is 5.22. The maximum atomic E-state index is 12.0. The summed E-state index contributed by atoms with van der Waals surface area (Å²) in [5.41, 5.74) is 0.892. The number of sulfone groups is 1. The van der Waals surface area contributed by atoms with Crippen LogP contribution in [0.4, 0.5) is 0 Å². The van der Waals surface area contributed by atoms with Crippen molar-refractivity contribution in [1.82, 2.24) is 10.6 Å². The van der Waals surface area contributed by atoms with Crippen LogP contribution in [0.2, 0.25) is 0 Å². The Bertz CT molecular complexity index is 581. The predicted molar refractivity (Wildman–Crippen MR) is 84.4 cm³/mol. The third-order valence-corrected chi connectivity index (χ3v) is 4.67. The maximum absolute atomic E-state index is 12.0. The lowest BCUT2D eigenvalue weighted by molar-refractivity contribution is -0.123. The van der Waals surface area contributed by atoms with E-state index in [0.29, 0.717) is 0 Å². The molecule has 21 heavy (non-hydrogen) atoms. The first-order valence-corrected chi connectivity index (χ1v) is 8.61. The SMILES string of the molecule is CC(NC(=O)C1CCCN1)c1ccc(S(C)(=O)=O)cc1.Cl. The first-order valence-electron chi connectivity index (χ1n) is 6.72. The van der Waals surface area contributed by atoms with Gasteiger partial charge in [0.25, 0.3) is 0 Å². The van der Waals surface area contributed by atoms with Crippen molar-refractivity contribution in [1.29, 1.82) is 0 Å². The number of benzene rings is 1. The van der Waals surface area contributed by atoms with Crippen LogP contribution in [-0.2, 0) is 14.6 Å². The summed E-state index contributed by atoms with van der Waals surface area (Å²) in [4.78, 5) is 12.3. The lowest BCUT2D eigenvalue weighted by Gasteiger charge is -2.17. The minimum Gasteiger partial charge on any atom is -0.348 e. The van der Waals surface area contributed by atoms with Crippen molar-refractivity contribution in [3.8, 4) is 0 Å². The van der Waals surface area contributed by atoms with Crippen molar-refractivity contribution < 1.29 is 13.2 Å². The Kier molecular flexibility index (Phi) is 6.19. The van der Waals surface area contributed by atoms with Gasteiger partial charge in [0, 0.05) is 6.26 Å². The van der Waals surface area contributed by atoms with Crippen molar-refractivity contribution >= 4 is 28.2 Å². The van der Waals surface area contributed by atoms with Crippen molar-refractivity contribution in [2.75, 3.05) is 12.8 Å². The Labute approximate surface area is 131 Å². The molecule has 0 bridgehead atoms. The van der Waals surface area contributed by atoms with Gasteiger partial charge in [-0.1, -0.05) is 12.1 Å². The van der Waals surface area contributed by atoms with Gasteiger partial charge in [-0.05, 0) is 44.0 Å². The Balaban J connectivity index is 0.00000220. The first kappa shape index (κ1) is 17.9. The monoisotopic (exact) mass is 332 g/mol. The highest BCUT2D eigenvalue weighted by Crippen LogP contribution is 2.17. The van der Waals surface area contributed by atoms with Crippen LogP contribution in [0.25, 0.3) is 0 Å². The minimum absolute atomic E-state index is 0. The van der Waals surface area contributed by atoms with Crippen LogP contribution in [0.3, 0.4) is 0 Å². The smallest absolute Gasteiger partial charge is 0.237 e.